The van der Waals surface area contributed by atoms with E-state index in [1.165, 1.54) is 0 Å². The highest BCUT2D eigenvalue weighted by atomic mass is 16.2. The van der Waals surface area contributed by atoms with E-state index >= 15 is 0 Å². The van der Waals surface area contributed by atoms with Gasteiger partial charge in [0.2, 0.25) is 5.91 Å². The average Bonchev–Trinajstić information content (AvgIpc) is 2.49. The van der Waals surface area contributed by atoms with Gasteiger partial charge in [0.05, 0.1) is 26.7 Å². The lowest BCUT2D eigenvalue weighted by Crippen LogP contribution is -2.50. The Hall–Kier alpha value is -1.46. The van der Waals surface area contributed by atoms with Gasteiger partial charge in [-0.3, -0.25) is 9.28 Å². The van der Waals surface area contributed by atoms with Crippen molar-refractivity contribution >= 4 is 11.8 Å². The van der Waals surface area contributed by atoms with Gasteiger partial charge in [0.15, 0.2) is 5.70 Å². The van der Waals surface area contributed by atoms with Crippen molar-refractivity contribution in [3.05, 3.63) is 23.4 Å². The number of allylic oxidation sites excluding steroid dienone is 3. The fourth-order valence-corrected chi connectivity index (χ4v) is 2.76. The molecule has 0 radical (unpaired) electrons. The SMILES string of the molecule is C[C@H](N)C(=O)NC1=C2C=CCC[C@H]2CC[N+](C)(C)C1=O. The molecule has 0 aromatic carbocycles. The maximum atomic E-state index is 12.7. The van der Waals surface area contributed by atoms with Crippen molar-refractivity contribution in [2.24, 2.45) is 11.7 Å². The smallest absolute Gasteiger partial charge is 0.320 e. The molecule has 2 amide bonds. The largest absolute Gasteiger partial charge is 0.362 e. The van der Waals surface area contributed by atoms with Gasteiger partial charge in [0.25, 0.3) is 0 Å². The molecule has 0 aromatic rings. The molecule has 2 aliphatic rings. The van der Waals surface area contributed by atoms with E-state index in [1.54, 1.807) is 6.92 Å². The third kappa shape index (κ3) is 2.83. The fraction of sp³-hybridized carbons (Fsp3) is 0.600. The number of carbonyl (C=O) groups excluding carboxylic acids is 2. The summed E-state index contributed by atoms with van der Waals surface area (Å²) in [6, 6.07) is -0.624. The molecule has 3 N–H and O–H groups in total. The average molecular weight is 278 g/mol. The molecule has 20 heavy (non-hydrogen) atoms. The first-order valence-corrected chi connectivity index (χ1v) is 7.18. The van der Waals surface area contributed by atoms with Gasteiger partial charge in [0.1, 0.15) is 0 Å². The van der Waals surface area contributed by atoms with E-state index in [0.717, 1.165) is 31.4 Å². The first-order valence-electron chi connectivity index (χ1n) is 7.18. The molecule has 0 unspecified atom stereocenters. The summed E-state index contributed by atoms with van der Waals surface area (Å²) in [4.78, 5) is 24.6. The molecule has 2 atom stereocenters. The number of nitrogens with two attached hydrogens (primary N) is 1. The van der Waals surface area contributed by atoms with Crippen LogP contribution < -0.4 is 11.1 Å². The van der Waals surface area contributed by atoms with Gasteiger partial charge in [-0.05, 0) is 31.3 Å². The van der Waals surface area contributed by atoms with E-state index in [0.29, 0.717) is 11.6 Å². The number of hydrogen-bond acceptors (Lipinski definition) is 3. The van der Waals surface area contributed by atoms with Crippen LogP contribution in [0.2, 0.25) is 0 Å². The van der Waals surface area contributed by atoms with Crippen molar-refractivity contribution in [2.45, 2.75) is 32.2 Å². The number of nitrogens with zero attached hydrogens (tertiary/aromatic N) is 1. The standard InChI is InChI=1S/C15H23N3O2/c1-10(16)14(19)17-13-12-7-5-4-6-11(12)8-9-18(2,3)15(13)20/h5,7,10-11H,4,6,8-9,16H2,1-3H3/p+1/t10-,11-/m0/s1. The molecule has 0 aromatic heterocycles. The van der Waals surface area contributed by atoms with Crippen LogP contribution in [0.25, 0.3) is 0 Å². The summed E-state index contributed by atoms with van der Waals surface area (Å²) in [5, 5.41) is 2.76. The van der Waals surface area contributed by atoms with Crippen LogP contribution in [0, 0.1) is 5.92 Å². The minimum atomic E-state index is -0.624. The second kappa shape index (κ2) is 5.50. The van der Waals surface area contributed by atoms with Crippen molar-refractivity contribution < 1.29 is 14.1 Å². The Labute approximate surface area is 120 Å². The number of rotatable bonds is 2. The lowest BCUT2D eigenvalue weighted by molar-refractivity contribution is -0.811. The molecular formula is C15H24N3O2+. The minimum absolute atomic E-state index is 0.0388. The monoisotopic (exact) mass is 278 g/mol. The lowest BCUT2D eigenvalue weighted by atomic mass is 9.86. The molecule has 1 aliphatic carbocycles. The summed E-state index contributed by atoms with van der Waals surface area (Å²) in [6.45, 7) is 2.41. The highest BCUT2D eigenvalue weighted by Crippen LogP contribution is 2.33. The zero-order valence-corrected chi connectivity index (χ0v) is 12.5. The van der Waals surface area contributed by atoms with E-state index in [4.69, 9.17) is 5.73 Å². The van der Waals surface area contributed by atoms with Crippen LogP contribution in [0.15, 0.2) is 23.4 Å². The lowest BCUT2D eigenvalue weighted by Gasteiger charge is -2.26. The summed E-state index contributed by atoms with van der Waals surface area (Å²) in [6.07, 6.45) is 7.10. The molecule has 110 valence electrons. The molecule has 5 nitrogen and oxygen atoms in total. The molecule has 0 spiro atoms. The highest BCUT2D eigenvalue weighted by molar-refractivity contribution is 5.96. The topological polar surface area (TPSA) is 72.2 Å². The first kappa shape index (κ1) is 14.9. The van der Waals surface area contributed by atoms with Gasteiger partial charge >= 0.3 is 5.91 Å². The summed E-state index contributed by atoms with van der Waals surface area (Å²) in [5.41, 5.74) is 7.02. The number of fused-ring (bicyclic) bond motifs is 1. The summed E-state index contributed by atoms with van der Waals surface area (Å²) >= 11 is 0. The minimum Gasteiger partial charge on any atom is -0.320 e. The zero-order chi connectivity index (χ0) is 14.9. The van der Waals surface area contributed by atoms with Crippen LogP contribution in [0.3, 0.4) is 0 Å². The van der Waals surface area contributed by atoms with Crippen LogP contribution in [-0.2, 0) is 9.59 Å². The second-order valence-electron chi connectivity index (χ2n) is 6.29. The van der Waals surface area contributed by atoms with Crippen LogP contribution in [0.5, 0.6) is 0 Å². The molecular weight excluding hydrogens is 254 g/mol. The number of hydrogen-bond donors (Lipinski definition) is 2. The predicted octanol–water partition coefficient (Wildman–Crippen LogP) is 0.677. The van der Waals surface area contributed by atoms with E-state index in [9.17, 15) is 9.59 Å². The summed E-state index contributed by atoms with van der Waals surface area (Å²) < 4.78 is 0.266. The van der Waals surface area contributed by atoms with Gasteiger partial charge in [0, 0.05) is 6.42 Å². The second-order valence-corrected chi connectivity index (χ2v) is 6.29. The zero-order valence-electron chi connectivity index (χ0n) is 12.5. The Bertz CT molecular complexity index is 489. The number of carbonyl (C=O) groups is 2. The number of likely N-dealkylation sites (N-methyl/N-ethyl adjacent to an activating group) is 1. The molecule has 5 heteroatoms. The molecule has 2 rings (SSSR count). The normalized spacial score (nSPS) is 26.8. The van der Waals surface area contributed by atoms with Crippen molar-refractivity contribution in [3.8, 4) is 0 Å². The maximum absolute atomic E-state index is 12.7. The molecule has 0 saturated carbocycles. The van der Waals surface area contributed by atoms with E-state index in [1.807, 2.05) is 20.2 Å². The van der Waals surface area contributed by atoms with E-state index in [-0.39, 0.29) is 16.3 Å². The van der Waals surface area contributed by atoms with Gasteiger partial charge in [-0.25, -0.2) is 4.79 Å². The number of nitrogens with one attached hydrogen (secondary N) is 1. The Morgan fingerprint density at radius 3 is 2.80 bits per heavy atom. The Balaban J connectivity index is 2.43. The van der Waals surface area contributed by atoms with Crippen molar-refractivity contribution in [3.63, 3.8) is 0 Å². The fourth-order valence-electron chi connectivity index (χ4n) is 2.76. The summed E-state index contributed by atoms with van der Waals surface area (Å²) in [7, 11) is 3.78. The van der Waals surface area contributed by atoms with Crippen molar-refractivity contribution in [2.75, 3.05) is 20.6 Å². The van der Waals surface area contributed by atoms with Gasteiger partial charge in [-0.15, -0.1) is 0 Å². The highest BCUT2D eigenvalue weighted by Gasteiger charge is 2.39. The number of amides is 2. The molecule has 0 fully saturated rings. The predicted molar refractivity (Wildman–Crippen MR) is 77.3 cm³/mol. The van der Waals surface area contributed by atoms with Gasteiger partial charge < -0.3 is 11.1 Å². The molecule has 0 bridgehead atoms. The maximum Gasteiger partial charge on any atom is 0.362 e. The Kier molecular flexibility index (Phi) is 4.11. The van der Waals surface area contributed by atoms with Crippen molar-refractivity contribution in [1.29, 1.82) is 0 Å². The van der Waals surface area contributed by atoms with Crippen LogP contribution >= 0.6 is 0 Å². The van der Waals surface area contributed by atoms with Gasteiger partial charge in [-0.2, -0.15) is 0 Å². The van der Waals surface area contributed by atoms with E-state index < -0.39 is 6.04 Å². The third-order valence-electron chi connectivity index (χ3n) is 4.17. The Morgan fingerprint density at radius 2 is 2.15 bits per heavy atom. The number of quaternary nitrogens is 1. The molecule has 0 saturated heterocycles. The van der Waals surface area contributed by atoms with Crippen LogP contribution in [-0.4, -0.2) is 43.0 Å². The van der Waals surface area contributed by atoms with E-state index in [2.05, 4.69) is 11.4 Å². The molecule has 1 heterocycles. The first-order chi connectivity index (χ1) is 9.33. The van der Waals surface area contributed by atoms with Gasteiger partial charge in [-0.1, -0.05) is 12.2 Å². The van der Waals surface area contributed by atoms with Crippen LogP contribution in [0.1, 0.15) is 26.2 Å². The third-order valence-corrected chi connectivity index (χ3v) is 4.17. The quantitative estimate of drug-likeness (QED) is 0.730. The van der Waals surface area contributed by atoms with Crippen LogP contribution in [0.4, 0.5) is 0 Å². The Morgan fingerprint density at radius 1 is 1.45 bits per heavy atom. The molecule has 1 aliphatic heterocycles. The van der Waals surface area contributed by atoms with Crippen molar-refractivity contribution in [1.82, 2.24) is 5.32 Å². The summed E-state index contributed by atoms with van der Waals surface area (Å²) in [5.74, 6) is 0.00996.